The van der Waals surface area contributed by atoms with Crippen LogP contribution in [0, 0.1) is 0 Å². The number of hydrogen-bond acceptors (Lipinski definition) is 6. The Bertz CT molecular complexity index is 220. The second-order valence-corrected chi connectivity index (χ2v) is 3.12. The highest BCUT2D eigenvalue weighted by molar-refractivity contribution is 5.78. The van der Waals surface area contributed by atoms with Crippen molar-refractivity contribution in [3.8, 4) is 0 Å². The summed E-state index contributed by atoms with van der Waals surface area (Å²) in [6.45, 7) is 2.27. The summed E-state index contributed by atoms with van der Waals surface area (Å²) in [6, 6.07) is -0.789. The fourth-order valence-electron chi connectivity index (χ4n) is 0.979. The predicted molar refractivity (Wildman–Crippen MR) is 53.4 cm³/mol. The van der Waals surface area contributed by atoms with Crippen molar-refractivity contribution in [1.82, 2.24) is 5.32 Å². The van der Waals surface area contributed by atoms with E-state index in [4.69, 9.17) is 16.2 Å². The van der Waals surface area contributed by atoms with Gasteiger partial charge in [-0.1, -0.05) is 5.16 Å². The molecule has 15 heavy (non-hydrogen) atoms. The van der Waals surface area contributed by atoms with Gasteiger partial charge in [-0.3, -0.25) is 4.89 Å². The number of carbonyl (C=O) groups excluding carboxylic acids is 1. The van der Waals surface area contributed by atoms with Crippen LogP contribution in [0.1, 0.15) is 26.2 Å². The van der Waals surface area contributed by atoms with E-state index in [-0.39, 0.29) is 0 Å². The Morgan fingerprint density at radius 3 is 2.80 bits per heavy atom. The Morgan fingerprint density at radius 1 is 1.60 bits per heavy atom. The first-order chi connectivity index (χ1) is 7.11. The zero-order chi connectivity index (χ0) is 11.7. The van der Waals surface area contributed by atoms with Crippen LogP contribution in [-0.2, 0) is 9.68 Å². The number of oxime groups is 1. The van der Waals surface area contributed by atoms with Gasteiger partial charge in [0.2, 0.25) is 0 Å². The summed E-state index contributed by atoms with van der Waals surface area (Å²) >= 11 is 0. The van der Waals surface area contributed by atoms with Gasteiger partial charge in [-0.05, 0) is 26.2 Å². The van der Waals surface area contributed by atoms with Gasteiger partial charge in [0.05, 0.1) is 0 Å². The molecule has 0 heterocycles. The van der Waals surface area contributed by atoms with Crippen molar-refractivity contribution < 1.29 is 20.1 Å². The number of rotatable bonds is 6. The van der Waals surface area contributed by atoms with Gasteiger partial charge in [0.15, 0.2) is 0 Å². The summed E-state index contributed by atoms with van der Waals surface area (Å²) in [7, 11) is 0. The Kier molecular flexibility index (Phi) is 7.29. The van der Waals surface area contributed by atoms with Gasteiger partial charge in [-0.25, -0.2) is 4.79 Å². The van der Waals surface area contributed by atoms with Crippen molar-refractivity contribution in [1.29, 1.82) is 0 Å². The molecule has 0 bridgehead atoms. The van der Waals surface area contributed by atoms with Gasteiger partial charge in [-0.15, -0.1) is 0 Å². The predicted octanol–water partition coefficient (Wildman–Crippen LogP) is -0.103. The molecule has 0 aliphatic rings. The van der Waals surface area contributed by atoms with Gasteiger partial charge in [0.1, 0.15) is 11.9 Å². The molecular weight excluding hydrogens is 202 g/mol. The van der Waals surface area contributed by atoms with E-state index in [0.29, 0.717) is 25.2 Å². The summed E-state index contributed by atoms with van der Waals surface area (Å²) in [4.78, 5) is 14.2. The average molecular weight is 219 g/mol. The highest BCUT2D eigenvalue weighted by atomic mass is 17.1. The van der Waals surface area contributed by atoms with Crippen LogP contribution >= 0.6 is 0 Å². The molecule has 0 aliphatic heterocycles. The van der Waals surface area contributed by atoms with Gasteiger partial charge in [-0.2, -0.15) is 5.26 Å². The van der Waals surface area contributed by atoms with E-state index >= 15 is 0 Å². The third-order valence-electron chi connectivity index (χ3n) is 1.87. The highest BCUT2D eigenvalue weighted by Gasteiger charge is 2.13. The normalized spacial score (nSPS) is 13.4. The number of nitrogens with one attached hydrogen (secondary N) is 1. The number of carbonyl (C=O) groups is 1. The molecule has 0 unspecified atom stereocenters. The van der Waals surface area contributed by atoms with E-state index < -0.39 is 12.0 Å². The van der Waals surface area contributed by atoms with E-state index in [1.807, 2.05) is 0 Å². The zero-order valence-corrected chi connectivity index (χ0v) is 8.64. The van der Waals surface area contributed by atoms with Crippen molar-refractivity contribution in [2.24, 2.45) is 10.9 Å². The third-order valence-corrected chi connectivity index (χ3v) is 1.87. The largest absolute Gasteiger partial charge is 0.409 e. The molecule has 0 aromatic rings. The summed E-state index contributed by atoms with van der Waals surface area (Å²) in [5.41, 5.74) is 5.38. The van der Waals surface area contributed by atoms with Crippen LogP contribution in [0.25, 0.3) is 0 Å². The number of unbranched alkanes of at least 4 members (excludes halogenated alkanes) is 1. The van der Waals surface area contributed by atoms with Crippen molar-refractivity contribution in [3.05, 3.63) is 0 Å². The fraction of sp³-hybridized carbons (Fsp3) is 0.750. The Labute approximate surface area is 87.8 Å². The second-order valence-electron chi connectivity index (χ2n) is 3.12. The van der Waals surface area contributed by atoms with E-state index in [1.165, 1.54) is 0 Å². The lowest BCUT2D eigenvalue weighted by molar-refractivity contribution is -0.235. The van der Waals surface area contributed by atoms with Crippen molar-refractivity contribution >= 4 is 11.8 Å². The zero-order valence-electron chi connectivity index (χ0n) is 8.64. The molecule has 0 spiro atoms. The van der Waals surface area contributed by atoms with Crippen LogP contribution in [0.2, 0.25) is 0 Å². The first kappa shape index (κ1) is 13.7. The lowest BCUT2D eigenvalue weighted by Gasteiger charge is -2.07. The van der Waals surface area contributed by atoms with E-state index in [9.17, 15) is 4.79 Å². The minimum atomic E-state index is -0.823. The second kappa shape index (κ2) is 8.01. The molecule has 0 rings (SSSR count). The third kappa shape index (κ3) is 6.69. The summed E-state index contributed by atoms with van der Waals surface area (Å²) in [5.74, 6) is -0.384. The first-order valence-corrected chi connectivity index (χ1v) is 4.65. The molecule has 88 valence electrons. The van der Waals surface area contributed by atoms with Crippen LogP contribution in [0.5, 0.6) is 0 Å². The highest BCUT2D eigenvalue weighted by Crippen LogP contribution is 1.99. The molecule has 0 aromatic heterocycles. The molecule has 0 radical (unpaired) electrons. The first-order valence-electron chi connectivity index (χ1n) is 4.65. The summed E-state index contributed by atoms with van der Waals surface area (Å²) < 4.78 is 0. The van der Waals surface area contributed by atoms with Crippen molar-refractivity contribution in [2.45, 2.75) is 32.2 Å². The van der Waals surface area contributed by atoms with Crippen LogP contribution in [0.15, 0.2) is 5.16 Å². The van der Waals surface area contributed by atoms with Crippen molar-refractivity contribution in [2.75, 3.05) is 6.54 Å². The maximum absolute atomic E-state index is 10.7. The SMILES string of the molecule is CC(=NO)NCCCC[C@H](N)C(=O)OO. The topological polar surface area (TPSA) is 117 Å². The quantitative estimate of drug-likeness (QED) is 0.124. The van der Waals surface area contributed by atoms with Gasteiger partial charge < -0.3 is 16.3 Å². The molecule has 0 aliphatic carbocycles. The molecule has 0 amide bonds. The molecule has 5 N–H and O–H groups in total. The smallest absolute Gasteiger partial charge is 0.358 e. The monoisotopic (exact) mass is 219 g/mol. The molecular formula is C8H17N3O4. The van der Waals surface area contributed by atoms with Gasteiger partial charge in [0.25, 0.3) is 0 Å². The van der Waals surface area contributed by atoms with Gasteiger partial charge >= 0.3 is 5.97 Å². The molecule has 0 aromatic carbocycles. The number of nitrogens with two attached hydrogens (primary N) is 1. The molecule has 0 saturated carbocycles. The number of hydrogen-bond donors (Lipinski definition) is 4. The Morgan fingerprint density at radius 2 is 2.27 bits per heavy atom. The lowest BCUT2D eigenvalue weighted by Crippen LogP contribution is -2.31. The van der Waals surface area contributed by atoms with E-state index in [2.05, 4.69) is 15.4 Å². The summed E-state index contributed by atoms with van der Waals surface area (Å²) in [6.07, 6.45) is 1.93. The van der Waals surface area contributed by atoms with Crippen LogP contribution in [-0.4, -0.2) is 34.9 Å². The van der Waals surface area contributed by atoms with Crippen LogP contribution in [0.3, 0.4) is 0 Å². The average Bonchev–Trinajstić information content (AvgIpc) is 2.26. The maximum Gasteiger partial charge on any atom is 0.358 e. The van der Waals surface area contributed by atoms with E-state index in [0.717, 1.165) is 6.42 Å². The maximum atomic E-state index is 10.7. The number of amidine groups is 1. The molecule has 0 fully saturated rings. The Hall–Kier alpha value is -1.34. The standard InChI is InChI=1S/C8H17N3O4/c1-6(11-13)10-5-3-2-4-7(9)8(12)15-14/h7,13-14H,2-5,9H2,1H3,(H,10,11)/t7-/m0/s1. The van der Waals surface area contributed by atoms with Crippen LogP contribution < -0.4 is 11.1 Å². The molecule has 0 saturated heterocycles. The molecule has 7 heteroatoms. The minimum absolute atomic E-state index is 0.439. The fourth-order valence-corrected chi connectivity index (χ4v) is 0.979. The Balaban J connectivity index is 3.43. The molecule has 7 nitrogen and oxygen atoms in total. The number of nitrogens with zero attached hydrogens (tertiary/aromatic N) is 1. The van der Waals surface area contributed by atoms with Crippen molar-refractivity contribution in [3.63, 3.8) is 0 Å². The summed E-state index contributed by atoms with van der Waals surface area (Å²) in [5, 5.41) is 22.1. The van der Waals surface area contributed by atoms with Crippen LogP contribution in [0.4, 0.5) is 0 Å². The lowest BCUT2D eigenvalue weighted by atomic mass is 10.1. The molecule has 1 atom stereocenters. The van der Waals surface area contributed by atoms with E-state index in [1.54, 1.807) is 6.92 Å². The van der Waals surface area contributed by atoms with Gasteiger partial charge in [0, 0.05) is 6.54 Å². The minimum Gasteiger partial charge on any atom is -0.409 e.